The van der Waals surface area contributed by atoms with Gasteiger partial charge in [0.2, 0.25) is 43.3 Å². The minimum atomic E-state index is -2.44. The number of ether oxygens (including phenoxy) is 25. The number of amides is 2. The van der Waals surface area contributed by atoms with Gasteiger partial charge in [-0.05, 0) is 0 Å². The van der Waals surface area contributed by atoms with Crippen LogP contribution in [0.25, 0.3) is 0 Å². The molecule has 0 aromatic rings. The lowest BCUT2D eigenvalue weighted by atomic mass is 9.94. The van der Waals surface area contributed by atoms with Gasteiger partial charge in [-0.15, -0.1) is 0 Å². The van der Waals surface area contributed by atoms with E-state index in [0.717, 1.165) is 21.0 Å². The highest BCUT2D eigenvalue weighted by atomic mass is 16.9. The van der Waals surface area contributed by atoms with E-state index >= 15 is 0 Å². The maximum Gasteiger partial charge on any atom is 0.295 e. The number of rotatable bonds is 36. The van der Waals surface area contributed by atoms with Gasteiger partial charge in [0.25, 0.3) is 32.4 Å². The summed E-state index contributed by atoms with van der Waals surface area (Å²) in [6.07, 6.45) is -89.3. The first-order chi connectivity index (χ1) is 58.1. The Labute approximate surface area is 686 Å². The zero-order chi connectivity index (χ0) is 89.3. The lowest BCUT2D eigenvalue weighted by Crippen LogP contribution is -2.71. The first-order valence-electron chi connectivity index (χ1n) is 37.6. The molecule has 2 amide bonds. The summed E-state index contributed by atoms with van der Waals surface area (Å²) in [5.74, 6) is -1.90. The second-order valence-corrected chi connectivity index (χ2v) is 29.2. The van der Waals surface area contributed by atoms with Gasteiger partial charge >= 0.3 is 0 Å². The molecule has 49 atom stereocenters. The number of nitrogens with one attached hydrogen (secondary N) is 2. The lowest BCUT2D eigenvalue weighted by molar-refractivity contribution is -0.405. The van der Waals surface area contributed by atoms with Crippen LogP contribution in [-0.4, -0.2) is 488 Å². The van der Waals surface area contributed by atoms with Gasteiger partial charge in [-0.3, -0.25) is 33.6 Å². The van der Waals surface area contributed by atoms with Crippen molar-refractivity contribution in [3.63, 3.8) is 0 Å². The summed E-state index contributed by atoms with van der Waals surface area (Å²) in [7, 11) is 1.07. The maximum absolute atomic E-state index is 13.1. The van der Waals surface area contributed by atoms with Crippen LogP contribution in [-0.2, 0) is 152 Å². The van der Waals surface area contributed by atoms with E-state index in [4.69, 9.17) is 136 Å². The fourth-order valence-corrected chi connectivity index (χ4v) is 15.1. The van der Waals surface area contributed by atoms with Gasteiger partial charge in [-0.2, -0.15) is 0 Å². The van der Waals surface area contributed by atoms with Crippen LogP contribution in [0, 0.1) is 0 Å². The van der Waals surface area contributed by atoms with Crippen molar-refractivity contribution in [2.24, 2.45) is 17.2 Å². The zero-order valence-corrected chi connectivity index (χ0v) is 64.2. The number of nitrogens with two attached hydrogens (primary N) is 3. The van der Waals surface area contributed by atoms with Crippen molar-refractivity contribution < 1.29 is 254 Å². The van der Waals surface area contributed by atoms with Crippen LogP contribution in [0.3, 0.4) is 0 Å². The van der Waals surface area contributed by atoms with Crippen LogP contribution >= 0.6 is 0 Å². The third-order valence-corrected chi connectivity index (χ3v) is 21.4. The fraction of sp³-hybridized carbons (Fsp3) is 0.892. The van der Waals surface area contributed by atoms with Crippen molar-refractivity contribution in [1.29, 1.82) is 0 Å². The van der Waals surface area contributed by atoms with Crippen molar-refractivity contribution in [3.8, 4) is 0 Å². The SMILES string of the molecule is CO[C@@H]1OC(OC=O)[C@@H](O[C@@H]2OC(CO)[C@H](O)[C@H](O[C@@H]3OC(OC=O)[C@@H](O[C@@H]4OC(CO)[C@H](O)[C@H](O[C@@H]5OC(OC=O)[C@@H](O[C@H]6OC(CO)[C@@H](O[C@H]7C[C@H](O)[C@H](O[C@@H]8OC(CO)[C@@H](O[C@@H]9OC(OC=O)[C@@H](O[C@H]%10OC(CO)[C@@H](O)[C@H](O)C%10N)[C@H](O)C9O)[C@H](O)C8N)C(OC=O)O7)[C@H](O)C6N)[C@H](O)C5O)C4NC(C)=O)[C@H](O)C3O)C2NC(C)=O)[C@H](O)C1O. The summed E-state index contributed by atoms with van der Waals surface area (Å²) in [5.41, 5.74) is 18.7. The molecule has 0 radical (unpaired) electrons. The van der Waals surface area contributed by atoms with E-state index in [2.05, 4.69) is 10.6 Å². The van der Waals surface area contributed by atoms with Gasteiger partial charge in [0.05, 0.1) is 57.3 Å². The molecule has 0 bridgehead atoms. The Morgan fingerprint density at radius 1 is 0.295 bits per heavy atom. The molecule has 10 heterocycles. The molecule has 122 heavy (non-hydrogen) atoms. The second-order valence-electron chi connectivity index (χ2n) is 29.2. The van der Waals surface area contributed by atoms with Gasteiger partial charge in [0.15, 0.2) is 87.3 Å². The highest BCUT2D eigenvalue weighted by Crippen LogP contribution is 2.41. The number of aliphatic hydroxyl groups excluding tert-OH is 20. The van der Waals surface area contributed by atoms with Crippen LogP contribution in [0.4, 0.5) is 0 Å². The Morgan fingerprint density at radius 2 is 0.566 bits per heavy atom. The average molecular weight is 1790 g/mol. The quantitative estimate of drug-likeness (QED) is 0.0205. The lowest BCUT2D eigenvalue weighted by Gasteiger charge is -2.50. The molecular weight excluding hydrogens is 1680 g/mol. The number of hydrogen-bond acceptors (Lipinski definition) is 55. The van der Waals surface area contributed by atoms with Gasteiger partial charge in [0.1, 0.15) is 159 Å². The molecule has 0 aromatic heterocycles. The van der Waals surface area contributed by atoms with Crippen molar-refractivity contribution in [2.45, 2.75) is 322 Å². The topological polar surface area (TPSA) is 857 Å². The number of hydrogen-bond donors (Lipinski definition) is 25. The standard InChI is InChI=1S/C65H103N5O52/c1-15(81)69-27-46(30(85)19(6-72)105-55(27)117-50-35(90)39(94)57(98-3)119-62(50)100-11-77)114-60-42(97)38(93)51(65(122-60)103-14-80)118-56-28(70-16(2)82)47(31(86)20(7-73)106-56)113-59-41(96)37(92)49(64(121-59)102-13-79)116-54-25(67)33(88)44(21(8-74)107-54)109-23-4-17(83)43(61(110-23)99-10-76)111-53-26(68)34(89)45(22(9-75)108-53)112-58-40(95)36(91)48(63(120-58)101-12-78)115-52-24(66)32(87)29(84)18(5-71)104-52/h10-14,17-65,71-75,83-97H,4-9,66-68H2,1-3H3,(H,69,81)(H,70,82)/t17-,18?,19?,20?,21?,22?,23+,24?,25?,26?,27?,28?,29+,30-,31-,32+,33+,34+,35+,36+,37+,38+,39?,40?,41?,42?,43-,44+,45+,46+,47+,48-,49-,50-,51-,52+,53-,54+,55-,56-,57+,58+,59+,60+,61?,62?,63?,64?,65?/m0/s1. The minimum Gasteiger partial charge on any atom is -0.435 e. The highest BCUT2D eigenvalue weighted by molar-refractivity contribution is 5.73. The van der Waals surface area contributed by atoms with E-state index in [-0.39, 0.29) is 32.4 Å². The van der Waals surface area contributed by atoms with Crippen LogP contribution in [0.15, 0.2) is 0 Å². The molecule has 10 fully saturated rings. The third kappa shape index (κ3) is 21.6. The van der Waals surface area contributed by atoms with Crippen molar-refractivity contribution >= 4 is 44.2 Å². The predicted molar refractivity (Wildman–Crippen MR) is 363 cm³/mol. The first-order valence-corrected chi connectivity index (χ1v) is 37.6. The Morgan fingerprint density at radius 3 is 0.902 bits per heavy atom. The monoisotopic (exact) mass is 1790 g/mol. The maximum atomic E-state index is 13.1. The smallest absolute Gasteiger partial charge is 0.295 e. The molecule has 0 aliphatic carbocycles. The van der Waals surface area contributed by atoms with E-state index < -0.39 is 353 Å². The number of carbonyl (C=O) groups excluding carboxylic acids is 7. The second kappa shape index (κ2) is 44.1. The van der Waals surface area contributed by atoms with E-state index in [0.29, 0.717) is 0 Å². The molecule has 10 aliphatic rings. The van der Waals surface area contributed by atoms with E-state index in [1.54, 1.807) is 0 Å². The van der Waals surface area contributed by atoms with E-state index in [1.807, 2.05) is 0 Å². The highest BCUT2D eigenvalue weighted by Gasteiger charge is 2.62. The molecule has 0 saturated carbocycles. The summed E-state index contributed by atoms with van der Waals surface area (Å²) in [4.78, 5) is 85.3. The molecule has 10 saturated heterocycles. The molecule has 10 rings (SSSR count). The van der Waals surface area contributed by atoms with E-state index in [1.165, 1.54) is 0 Å². The molecule has 0 spiro atoms. The van der Waals surface area contributed by atoms with E-state index in [9.17, 15) is 136 Å². The summed E-state index contributed by atoms with van der Waals surface area (Å²) in [6.45, 7) is -4.33. The van der Waals surface area contributed by atoms with Gasteiger partial charge in [-0.1, -0.05) is 0 Å². The Kier molecular flexibility index (Phi) is 35.7. The van der Waals surface area contributed by atoms with Crippen molar-refractivity contribution in [1.82, 2.24) is 10.6 Å². The van der Waals surface area contributed by atoms with Gasteiger partial charge < -0.3 is 248 Å². The number of carbonyl (C=O) groups is 7. The Balaban J connectivity index is 0.770. The first kappa shape index (κ1) is 98.7. The minimum absolute atomic E-state index is 0.120. The van der Waals surface area contributed by atoms with Crippen LogP contribution in [0.1, 0.15) is 20.3 Å². The molecular formula is C65H103N5O52. The summed E-state index contributed by atoms with van der Waals surface area (Å²) in [6, 6.07) is -9.03. The van der Waals surface area contributed by atoms with Crippen LogP contribution in [0.5, 0.6) is 0 Å². The molecule has 57 nitrogen and oxygen atoms in total. The molecule has 700 valence electrons. The number of methoxy groups -OCH3 is 1. The fourth-order valence-electron chi connectivity index (χ4n) is 15.1. The Hall–Kier alpha value is -5.43. The largest absolute Gasteiger partial charge is 0.435 e. The van der Waals surface area contributed by atoms with Crippen molar-refractivity contribution in [3.05, 3.63) is 0 Å². The third-order valence-electron chi connectivity index (χ3n) is 21.4. The van der Waals surface area contributed by atoms with Crippen LogP contribution < -0.4 is 27.8 Å². The summed E-state index contributed by atoms with van der Waals surface area (Å²) in [5, 5.41) is 227. The van der Waals surface area contributed by atoms with Crippen LogP contribution in [0.2, 0.25) is 0 Å². The molecule has 57 heteroatoms. The van der Waals surface area contributed by atoms with Gasteiger partial charge in [0, 0.05) is 27.4 Å². The average Bonchev–Trinajstić information content (AvgIpc) is 0.791. The van der Waals surface area contributed by atoms with Gasteiger partial charge in [-0.25, -0.2) is 0 Å². The Bertz CT molecular complexity index is 3310. The number of aliphatic hydroxyl groups is 20. The normalized spacial score (nSPS) is 48.9. The summed E-state index contributed by atoms with van der Waals surface area (Å²) < 4.78 is 140. The molecule has 10 aliphatic heterocycles. The predicted octanol–water partition coefficient (Wildman–Crippen LogP) is -20.2. The van der Waals surface area contributed by atoms with Crippen molar-refractivity contribution in [2.75, 3.05) is 40.1 Å². The molecule has 0 aromatic carbocycles. The zero-order valence-electron chi connectivity index (χ0n) is 64.2. The molecule has 19 unspecified atom stereocenters. The molecule has 28 N–H and O–H groups in total. The summed E-state index contributed by atoms with van der Waals surface area (Å²) >= 11 is 0.